The standard InChI is InChI=1S/C9H20ClN3OP/c1-8(2)13(9(3)4)15(10,12)14-7-5-6-11/h8-9H,5,7,12H2,1-4H3/q+1. The Morgan fingerprint density at radius 2 is 1.87 bits per heavy atom. The third-order valence-electron chi connectivity index (χ3n) is 1.86. The van der Waals surface area contributed by atoms with Gasteiger partial charge in [0.1, 0.15) is 6.61 Å². The predicted octanol–water partition coefficient (Wildman–Crippen LogP) is 2.91. The highest BCUT2D eigenvalue weighted by Crippen LogP contribution is 2.62. The van der Waals surface area contributed by atoms with Crippen molar-refractivity contribution in [3.63, 3.8) is 0 Å². The molecule has 0 aliphatic rings. The van der Waals surface area contributed by atoms with E-state index in [2.05, 4.69) is 0 Å². The molecule has 6 heteroatoms. The molecule has 0 heterocycles. The van der Waals surface area contributed by atoms with Gasteiger partial charge in [-0.05, 0) is 27.7 Å². The van der Waals surface area contributed by atoms with Gasteiger partial charge < -0.3 is 0 Å². The zero-order valence-corrected chi connectivity index (χ0v) is 11.4. The van der Waals surface area contributed by atoms with Crippen molar-refractivity contribution in [1.29, 1.82) is 5.26 Å². The predicted molar refractivity (Wildman–Crippen MR) is 65.3 cm³/mol. The van der Waals surface area contributed by atoms with E-state index in [1.54, 1.807) is 0 Å². The third-order valence-corrected chi connectivity index (χ3v) is 4.77. The number of nitrogens with zero attached hydrogens (tertiary/aromatic N) is 2. The van der Waals surface area contributed by atoms with Crippen molar-refractivity contribution in [2.45, 2.75) is 46.2 Å². The maximum Gasteiger partial charge on any atom is 0.388 e. The Balaban J connectivity index is 4.44. The first-order chi connectivity index (χ1) is 6.83. The van der Waals surface area contributed by atoms with E-state index in [0.29, 0.717) is 13.0 Å². The van der Waals surface area contributed by atoms with Crippen molar-refractivity contribution < 1.29 is 4.52 Å². The van der Waals surface area contributed by atoms with Crippen LogP contribution in [0.4, 0.5) is 0 Å². The maximum absolute atomic E-state index is 8.40. The molecule has 0 rings (SSSR count). The second kappa shape index (κ2) is 6.62. The topological polar surface area (TPSA) is 62.3 Å². The smallest absolute Gasteiger partial charge is 0.198 e. The van der Waals surface area contributed by atoms with Gasteiger partial charge in [0.05, 0.1) is 12.5 Å². The van der Waals surface area contributed by atoms with Gasteiger partial charge >= 0.3 is 7.14 Å². The fraction of sp³-hybridized carbons (Fsp3) is 0.889. The Hall–Kier alpha value is 0.0900. The summed E-state index contributed by atoms with van der Waals surface area (Å²) in [5.74, 6) is 0. The second-order valence-electron chi connectivity index (χ2n) is 3.85. The minimum absolute atomic E-state index is 0.225. The van der Waals surface area contributed by atoms with Crippen molar-refractivity contribution in [3.8, 4) is 6.07 Å². The summed E-state index contributed by atoms with van der Waals surface area (Å²) in [6.07, 6.45) is 0.315. The number of hydrogen-bond acceptors (Lipinski definition) is 4. The molecule has 0 aromatic heterocycles. The highest BCUT2D eigenvalue weighted by Gasteiger charge is 2.46. The van der Waals surface area contributed by atoms with Crippen LogP contribution < -0.4 is 5.50 Å². The monoisotopic (exact) mass is 252 g/mol. The van der Waals surface area contributed by atoms with Gasteiger partial charge in [-0.25, -0.2) is 0 Å². The van der Waals surface area contributed by atoms with E-state index in [1.807, 2.05) is 38.4 Å². The molecular weight excluding hydrogens is 233 g/mol. The van der Waals surface area contributed by atoms with Gasteiger partial charge in [0.25, 0.3) is 0 Å². The molecule has 0 bridgehead atoms. The summed E-state index contributed by atoms with van der Waals surface area (Å²) in [6, 6.07) is 2.45. The molecule has 0 aliphatic carbocycles. The summed E-state index contributed by atoms with van der Waals surface area (Å²) < 4.78 is 7.38. The average molecular weight is 253 g/mol. The third kappa shape index (κ3) is 5.10. The first-order valence-electron chi connectivity index (χ1n) is 5.00. The number of nitrogens with two attached hydrogens (primary N) is 1. The van der Waals surface area contributed by atoms with Crippen molar-refractivity contribution in [1.82, 2.24) is 4.67 Å². The first kappa shape index (κ1) is 15.1. The summed E-state index contributed by atoms with van der Waals surface area (Å²) in [6.45, 7) is 8.39. The Bertz CT molecular complexity index is 220. The van der Waals surface area contributed by atoms with Gasteiger partial charge in [0.15, 0.2) is 11.2 Å². The summed E-state index contributed by atoms with van der Waals surface area (Å²) in [5.41, 5.74) is 5.97. The molecule has 0 amide bonds. The molecule has 0 spiro atoms. The normalized spacial score (nSPS) is 15.7. The van der Waals surface area contributed by atoms with Gasteiger partial charge in [0, 0.05) is 12.1 Å². The lowest BCUT2D eigenvalue weighted by atomic mass is 10.3. The summed E-state index contributed by atoms with van der Waals surface area (Å²) in [4.78, 5) is 0. The van der Waals surface area contributed by atoms with E-state index < -0.39 is 7.14 Å². The van der Waals surface area contributed by atoms with Gasteiger partial charge in [-0.3, -0.25) is 0 Å². The number of rotatable bonds is 6. The Kier molecular flexibility index (Phi) is 6.66. The minimum Gasteiger partial charge on any atom is -0.198 e. The molecule has 88 valence electrons. The van der Waals surface area contributed by atoms with Crippen LogP contribution in [-0.4, -0.2) is 23.4 Å². The van der Waals surface area contributed by atoms with Crippen molar-refractivity contribution in [3.05, 3.63) is 0 Å². The van der Waals surface area contributed by atoms with E-state index in [-0.39, 0.29) is 12.1 Å². The summed E-state index contributed by atoms with van der Waals surface area (Å²) in [7, 11) is -2.54. The van der Waals surface area contributed by atoms with Crippen molar-refractivity contribution in [2.75, 3.05) is 6.61 Å². The Labute approximate surface area is 97.6 Å². The zero-order valence-electron chi connectivity index (χ0n) is 9.77. The number of halogens is 1. The molecule has 1 atom stereocenters. The fourth-order valence-corrected chi connectivity index (χ4v) is 4.51. The van der Waals surface area contributed by atoms with Crippen LogP contribution >= 0.6 is 18.4 Å². The largest absolute Gasteiger partial charge is 0.388 e. The summed E-state index contributed by atoms with van der Waals surface area (Å²) in [5, 5.41) is 8.40. The van der Waals surface area contributed by atoms with Gasteiger partial charge in [-0.1, -0.05) is 0 Å². The van der Waals surface area contributed by atoms with Crippen LogP contribution in [-0.2, 0) is 4.52 Å². The molecule has 2 N–H and O–H groups in total. The fourth-order valence-electron chi connectivity index (χ4n) is 1.51. The van der Waals surface area contributed by atoms with Crippen molar-refractivity contribution in [2.24, 2.45) is 5.50 Å². The van der Waals surface area contributed by atoms with Crippen LogP contribution in [0.3, 0.4) is 0 Å². The van der Waals surface area contributed by atoms with E-state index in [4.69, 9.17) is 26.5 Å². The van der Waals surface area contributed by atoms with E-state index in [1.165, 1.54) is 0 Å². The molecule has 15 heavy (non-hydrogen) atoms. The van der Waals surface area contributed by atoms with E-state index in [0.717, 1.165) is 0 Å². The molecule has 4 nitrogen and oxygen atoms in total. The van der Waals surface area contributed by atoms with Crippen LogP contribution in [0, 0.1) is 11.3 Å². The highest BCUT2D eigenvalue weighted by atomic mass is 35.7. The first-order valence-corrected chi connectivity index (χ1v) is 7.64. The molecule has 0 fully saturated rings. The molecule has 0 aliphatic heterocycles. The molecule has 0 aromatic rings. The minimum atomic E-state index is -2.54. The number of nitriles is 1. The molecule has 0 radical (unpaired) electrons. The Morgan fingerprint density at radius 1 is 1.40 bits per heavy atom. The molecule has 0 saturated heterocycles. The lowest BCUT2D eigenvalue weighted by Crippen LogP contribution is -2.38. The SMILES string of the molecule is CC(C)N(C(C)C)[P+](N)(Cl)OCCC#N. The summed E-state index contributed by atoms with van der Waals surface area (Å²) >= 11 is 6.21. The quantitative estimate of drug-likeness (QED) is 0.583. The molecule has 0 aromatic carbocycles. The van der Waals surface area contributed by atoms with Crippen molar-refractivity contribution >= 4 is 18.4 Å². The van der Waals surface area contributed by atoms with Crippen LogP contribution in [0.15, 0.2) is 0 Å². The van der Waals surface area contributed by atoms with E-state index in [9.17, 15) is 0 Å². The lowest BCUT2D eigenvalue weighted by Gasteiger charge is -2.31. The lowest BCUT2D eigenvalue weighted by molar-refractivity contribution is 0.251. The zero-order chi connectivity index (χ0) is 12.1. The van der Waals surface area contributed by atoms with Crippen LogP contribution in [0.5, 0.6) is 0 Å². The number of hydrogen-bond donors (Lipinski definition) is 1. The molecule has 0 saturated carbocycles. The second-order valence-corrected chi connectivity index (χ2v) is 7.12. The Morgan fingerprint density at radius 3 is 2.20 bits per heavy atom. The van der Waals surface area contributed by atoms with Crippen LogP contribution in [0.2, 0.25) is 0 Å². The van der Waals surface area contributed by atoms with Gasteiger partial charge in [-0.2, -0.15) is 9.79 Å². The van der Waals surface area contributed by atoms with Crippen LogP contribution in [0.25, 0.3) is 0 Å². The molecular formula is C9H20ClN3OP+. The highest BCUT2D eigenvalue weighted by molar-refractivity contribution is 7.91. The molecule has 1 unspecified atom stereocenters. The maximum atomic E-state index is 8.40. The van der Waals surface area contributed by atoms with Gasteiger partial charge in [-0.15, -0.1) is 10.2 Å². The average Bonchev–Trinajstić information content (AvgIpc) is 2.01. The van der Waals surface area contributed by atoms with Crippen LogP contribution in [0.1, 0.15) is 34.1 Å². The van der Waals surface area contributed by atoms with Gasteiger partial charge in [0.2, 0.25) is 0 Å². The van der Waals surface area contributed by atoms with E-state index >= 15 is 0 Å².